The van der Waals surface area contributed by atoms with Crippen LogP contribution in [0.5, 0.6) is 0 Å². The van der Waals surface area contributed by atoms with Gasteiger partial charge in [-0.3, -0.25) is 9.78 Å². The molecule has 0 aliphatic rings. The molecule has 1 amide bonds. The number of hydrogen-bond donors (Lipinski definition) is 2. The van der Waals surface area contributed by atoms with Gasteiger partial charge in [-0.05, 0) is 44.2 Å². The fourth-order valence-electron chi connectivity index (χ4n) is 1.90. The number of carbonyl (C=O) groups excluding carboxylic acids is 1. The van der Waals surface area contributed by atoms with Crippen LogP contribution in [0.2, 0.25) is 0 Å². The van der Waals surface area contributed by atoms with E-state index in [0.29, 0.717) is 11.3 Å². The highest BCUT2D eigenvalue weighted by Crippen LogP contribution is 2.12. The number of aromatic nitrogens is 1. The maximum Gasteiger partial charge on any atom is 0.251 e. The lowest BCUT2D eigenvalue weighted by atomic mass is 10.2. The second-order valence-electron chi connectivity index (χ2n) is 5.30. The van der Waals surface area contributed by atoms with E-state index in [4.69, 9.17) is 0 Å². The van der Waals surface area contributed by atoms with Crippen LogP contribution >= 0.6 is 0 Å². The van der Waals surface area contributed by atoms with Crippen molar-refractivity contribution in [2.45, 2.75) is 31.3 Å². The third kappa shape index (κ3) is 4.87. The predicted molar refractivity (Wildman–Crippen MR) is 87.3 cm³/mol. The van der Waals surface area contributed by atoms with Crippen molar-refractivity contribution < 1.29 is 13.2 Å². The van der Waals surface area contributed by atoms with Crippen molar-refractivity contribution in [3.05, 3.63) is 59.9 Å². The smallest absolute Gasteiger partial charge is 0.251 e. The fraction of sp³-hybridized carbons (Fsp3) is 0.250. The molecule has 0 fully saturated rings. The molecular formula is C16H19N3O3S. The molecule has 0 bridgehead atoms. The summed E-state index contributed by atoms with van der Waals surface area (Å²) in [6.07, 6.45) is 1.60. The van der Waals surface area contributed by atoms with Crippen LogP contribution < -0.4 is 10.0 Å². The van der Waals surface area contributed by atoms with Crippen LogP contribution in [0.3, 0.4) is 0 Å². The van der Waals surface area contributed by atoms with E-state index >= 15 is 0 Å². The van der Waals surface area contributed by atoms with Gasteiger partial charge in [-0.2, -0.15) is 0 Å². The lowest BCUT2D eigenvalue weighted by molar-refractivity contribution is 0.0943. The van der Waals surface area contributed by atoms with Gasteiger partial charge in [0.2, 0.25) is 10.0 Å². The molecule has 23 heavy (non-hydrogen) atoms. The van der Waals surface area contributed by atoms with E-state index in [-0.39, 0.29) is 23.4 Å². The molecule has 0 unspecified atom stereocenters. The fourth-order valence-corrected chi connectivity index (χ4v) is 2.95. The number of nitrogens with one attached hydrogen (secondary N) is 2. The van der Waals surface area contributed by atoms with Crippen molar-refractivity contribution in [2.75, 3.05) is 0 Å². The molecule has 1 aromatic carbocycles. The highest BCUT2D eigenvalue weighted by atomic mass is 32.2. The van der Waals surface area contributed by atoms with Crippen molar-refractivity contribution in [2.24, 2.45) is 0 Å². The first-order valence-electron chi connectivity index (χ1n) is 7.19. The zero-order chi connectivity index (χ0) is 16.9. The highest BCUT2D eigenvalue weighted by molar-refractivity contribution is 7.89. The minimum absolute atomic E-state index is 0.0231. The van der Waals surface area contributed by atoms with Gasteiger partial charge >= 0.3 is 0 Å². The molecule has 0 spiro atoms. The molecule has 0 atom stereocenters. The van der Waals surface area contributed by atoms with Crippen LogP contribution in [-0.2, 0) is 16.6 Å². The second-order valence-corrected chi connectivity index (χ2v) is 7.07. The van der Waals surface area contributed by atoms with Crippen LogP contribution in [0.1, 0.15) is 29.9 Å². The number of rotatable bonds is 6. The monoisotopic (exact) mass is 333 g/mol. The van der Waals surface area contributed by atoms with E-state index in [0.717, 1.165) is 0 Å². The van der Waals surface area contributed by atoms with Gasteiger partial charge in [0.15, 0.2) is 0 Å². The first-order chi connectivity index (χ1) is 10.9. The maximum atomic E-state index is 12.3. The summed E-state index contributed by atoms with van der Waals surface area (Å²) in [4.78, 5) is 16.1. The summed E-state index contributed by atoms with van der Waals surface area (Å²) in [6.45, 7) is 3.77. The van der Waals surface area contributed by atoms with E-state index in [1.165, 1.54) is 12.1 Å². The number of nitrogens with zero attached hydrogens (tertiary/aromatic N) is 1. The van der Waals surface area contributed by atoms with Gasteiger partial charge in [0.1, 0.15) is 0 Å². The molecule has 2 N–H and O–H groups in total. The molecule has 2 aromatic rings. The van der Waals surface area contributed by atoms with Gasteiger partial charge in [0.05, 0.1) is 17.1 Å². The summed E-state index contributed by atoms with van der Waals surface area (Å²) in [7, 11) is -3.71. The van der Waals surface area contributed by atoms with Crippen molar-refractivity contribution in [3.8, 4) is 0 Å². The van der Waals surface area contributed by atoms with E-state index in [1.807, 2.05) is 13.8 Å². The summed E-state index contributed by atoms with van der Waals surface area (Å²) >= 11 is 0. The molecule has 122 valence electrons. The Morgan fingerprint density at radius 1 is 1.17 bits per heavy atom. The SMILES string of the molecule is CC(C)NC(=O)c1cccc(S(=O)(=O)NCc2ccccn2)c1. The quantitative estimate of drug-likeness (QED) is 0.842. The van der Waals surface area contributed by atoms with Crippen LogP contribution in [0, 0.1) is 0 Å². The summed E-state index contributed by atoms with van der Waals surface area (Å²) < 4.78 is 27.1. The van der Waals surface area contributed by atoms with Crippen molar-refractivity contribution >= 4 is 15.9 Å². The summed E-state index contributed by atoms with van der Waals surface area (Å²) in [5.74, 6) is -0.304. The van der Waals surface area contributed by atoms with Crippen molar-refractivity contribution in [1.29, 1.82) is 0 Å². The third-order valence-electron chi connectivity index (χ3n) is 3.00. The van der Waals surface area contributed by atoms with E-state index in [2.05, 4.69) is 15.0 Å². The molecule has 7 heteroatoms. The molecule has 0 saturated carbocycles. The van der Waals surface area contributed by atoms with Crippen LogP contribution in [0.15, 0.2) is 53.6 Å². The number of amides is 1. The van der Waals surface area contributed by atoms with Gasteiger partial charge < -0.3 is 5.32 Å². The van der Waals surface area contributed by atoms with Gasteiger partial charge in [0.25, 0.3) is 5.91 Å². The first kappa shape index (κ1) is 17.1. The Hall–Kier alpha value is -2.25. The molecule has 1 heterocycles. The minimum atomic E-state index is -3.71. The maximum absolute atomic E-state index is 12.3. The number of carbonyl (C=O) groups is 1. The highest BCUT2D eigenvalue weighted by Gasteiger charge is 2.16. The molecule has 1 aromatic heterocycles. The third-order valence-corrected chi connectivity index (χ3v) is 4.39. The van der Waals surface area contributed by atoms with Crippen molar-refractivity contribution in [3.63, 3.8) is 0 Å². The van der Waals surface area contributed by atoms with Crippen LogP contribution in [0.4, 0.5) is 0 Å². The Labute approximate surface area is 136 Å². The lowest BCUT2D eigenvalue weighted by Gasteiger charge is -2.10. The van der Waals surface area contributed by atoms with Gasteiger partial charge in [0, 0.05) is 17.8 Å². The van der Waals surface area contributed by atoms with Gasteiger partial charge in [-0.1, -0.05) is 12.1 Å². The van der Waals surface area contributed by atoms with E-state index in [1.54, 1.807) is 36.5 Å². The molecule has 0 radical (unpaired) electrons. The largest absolute Gasteiger partial charge is 0.350 e. The average Bonchev–Trinajstić information content (AvgIpc) is 2.53. The summed E-state index contributed by atoms with van der Waals surface area (Å²) in [6, 6.07) is 11.2. The Morgan fingerprint density at radius 2 is 1.96 bits per heavy atom. The first-order valence-corrected chi connectivity index (χ1v) is 8.67. The molecule has 0 saturated heterocycles. The Bertz CT molecular complexity index is 774. The standard InChI is InChI=1S/C16H19N3O3S/c1-12(2)19-16(20)13-6-5-8-15(10-13)23(21,22)18-11-14-7-3-4-9-17-14/h3-10,12,18H,11H2,1-2H3,(H,19,20). The molecule has 0 aliphatic heterocycles. The van der Waals surface area contributed by atoms with Gasteiger partial charge in [-0.25, -0.2) is 13.1 Å². The van der Waals surface area contributed by atoms with E-state index < -0.39 is 10.0 Å². The van der Waals surface area contributed by atoms with E-state index in [9.17, 15) is 13.2 Å². The van der Waals surface area contributed by atoms with Crippen LogP contribution in [-0.4, -0.2) is 25.4 Å². The lowest BCUT2D eigenvalue weighted by Crippen LogP contribution is -2.30. The second kappa shape index (κ2) is 7.34. The number of hydrogen-bond acceptors (Lipinski definition) is 4. The Balaban J connectivity index is 2.15. The van der Waals surface area contributed by atoms with Gasteiger partial charge in [-0.15, -0.1) is 0 Å². The number of sulfonamides is 1. The number of pyridine rings is 1. The minimum Gasteiger partial charge on any atom is -0.350 e. The molecular weight excluding hydrogens is 314 g/mol. The van der Waals surface area contributed by atoms with Crippen LogP contribution in [0.25, 0.3) is 0 Å². The normalized spacial score (nSPS) is 11.4. The zero-order valence-corrected chi connectivity index (χ0v) is 13.8. The van der Waals surface area contributed by atoms with Crippen molar-refractivity contribution in [1.82, 2.24) is 15.0 Å². The molecule has 0 aliphatic carbocycles. The average molecular weight is 333 g/mol. The topological polar surface area (TPSA) is 88.2 Å². The number of benzene rings is 1. The predicted octanol–water partition coefficient (Wildman–Crippen LogP) is 1.70. The summed E-state index contributed by atoms with van der Waals surface area (Å²) in [5, 5.41) is 2.73. The summed E-state index contributed by atoms with van der Waals surface area (Å²) in [5.41, 5.74) is 0.921. The molecule has 6 nitrogen and oxygen atoms in total. The Kier molecular flexibility index (Phi) is 5.46. The Morgan fingerprint density at radius 3 is 2.61 bits per heavy atom. The molecule has 2 rings (SSSR count). The zero-order valence-electron chi connectivity index (χ0n) is 13.0.